The lowest BCUT2D eigenvalue weighted by Gasteiger charge is -2.20. The summed E-state index contributed by atoms with van der Waals surface area (Å²) in [6.07, 6.45) is 0. The minimum Gasteiger partial charge on any atom is -0.383 e. The molecule has 5 N–H and O–H groups in total. The highest BCUT2D eigenvalue weighted by molar-refractivity contribution is 5.48. The highest BCUT2D eigenvalue weighted by Crippen LogP contribution is 2.09. The van der Waals surface area contributed by atoms with Gasteiger partial charge in [0.15, 0.2) is 0 Å². The third-order valence-electron chi connectivity index (χ3n) is 2.22. The maximum Gasteiger partial charge on any atom is 0.223 e. The molecule has 0 aliphatic rings. The average Bonchev–Trinajstić information content (AvgIpc) is 2.12. The lowest BCUT2D eigenvalue weighted by Crippen LogP contribution is -2.31. The van der Waals surface area contributed by atoms with Crippen LogP contribution in [-0.4, -0.2) is 41.5 Å². The number of nitrogens with zero attached hydrogens (tertiary/aromatic N) is 3. The number of nitrogens with one attached hydrogen (secondary N) is 1. The predicted molar refractivity (Wildman–Crippen MR) is 62.5 cm³/mol. The highest BCUT2D eigenvalue weighted by Gasteiger charge is 2.05. The van der Waals surface area contributed by atoms with Crippen LogP contribution >= 0.6 is 0 Å². The van der Waals surface area contributed by atoms with Crippen LogP contribution < -0.4 is 16.8 Å². The Morgan fingerprint density at radius 1 is 1.40 bits per heavy atom. The van der Waals surface area contributed by atoms with Crippen molar-refractivity contribution in [3.8, 4) is 0 Å². The molecular weight excluding hydrogens is 192 g/mol. The Balaban J connectivity index is 2.57. The van der Waals surface area contributed by atoms with Crippen LogP contribution in [0.25, 0.3) is 0 Å². The maximum absolute atomic E-state index is 5.54. The van der Waals surface area contributed by atoms with Crippen molar-refractivity contribution in [3.63, 3.8) is 0 Å². The number of nitrogen functional groups attached to an aromatic ring is 2. The molecule has 1 aromatic rings. The zero-order valence-corrected chi connectivity index (χ0v) is 9.36. The first-order chi connectivity index (χ1) is 6.99. The van der Waals surface area contributed by atoms with Crippen molar-refractivity contribution in [2.45, 2.75) is 13.0 Å². The number of hydrogen-bond acceptors (Lipinski definition) is 6. The Labute approximate surface area is 89.7 Å². The van der Waals surface area contributed by atoms with Crippen LogP contribution in [0, 0.1) is 0 Å². The van der Waals surface area contributed by atoms with Crippen LogP contribution in [0.15, 0.2) is 6.07 Å². The molecular formula is C9H18N6. The Morgan fingerprint density at radius 2 is 2.07 bits per heavy atom. The molecule has 0 aromatic carbocycles. The van der Waals surface area contributed by atoms with Crippen LogP contribution in [0.2, 0.25) is 0 Å². The molecule has 1 aromatic heterocycles. The highest BCUT2D eigenvalue weighted by atomic mass is 15.1. The molecule has 1 heterocycles. The molecule has 0 aliphatic heterocycles. The van der Waals surface area contributed by atoms with Crippen LogP contribution in [0.3, 0.4) is 0 Å². The summed E-state index contributed by atoms with van der Waals surface area (Å²) >= 11 is 0. The smallest absolute Gasteiger partial charge is 0.223 e. The van der Waals surface area contributed by atoms with E-state index in [1.807, 2.05) is 14.1 Å². The summed E-state index contributed by atoms with van der Waals surface area (Å²) in [5.74, 6) is 1.23. The van der Waals surface area contributed by atoms with E-state index in [9.17, 15) is 0 Å². The van der Waals surface area contributed by atoms with Gasteiger partial charge in [-0.25, -0.2) is 0 Å². The van der Waals surface area contributed by atoms with Gasteiger partial charge in [0.2, 0.25) is 5.95 Å². The number of anilines is 3. The molecule has 84 valence electrons. The Morgan fingerprint density at radius 3 is 2.60 bits per heavy atom. The summed E-state index contributed by atoms with van der Waals surface area (Å²) in [5, 5.41) is 3.15. The van der Waals surface area contributed by atoms with E-state index in [0.717, 1.165) is 6.54 Å². The molecule has 0 radical (unpaired) electrons. The molecule has 0 bridgehead atoms. The van der Waals surface area contributed by atoms with E-state index in [2.05, 4.69) is 27.1 Å². The van der Waals surface area contributed by atoms with E-state index in [1.165, 1.54) is 0 Å². The number of rotatable bonds is 4. The Kier molecular flexibility index (Phi) is 3.68. The van der Waals surface area contributed by atoms with Crippen molar-refractivity contribution in [1.29, 1.82) is 0 Å². The van der Waals surface area contributed by atoms with Crippen LogP contribution in [0.5, 0.6) is 0 Å². The zero-order chi connectivity index (χ0) is 11.4. The summed E-state index contributed by atoms with van der Waals surface area (Å²) < 4.78 is 0. The van der Waals surface area contributed by atoms with E-state index >= 15 is 0 Å². The fourth-order valence-corrected chi connectivity index (χ4v) is 1.01. The fourth-order valence-electron chi connectivity index (χ4n) is 1.01. The van der Waals surface area contributed by atoms with E-state index in [0.29, 0.717) is 17.7 Å². The SMILES string of the molecule is CC(CNc1cc(N)nc(N)n1)N(C)C. The third kappa shape index (κ3) is 3.59. The summed E-state index contributed by atoms with van der Waals surface area (Å²) in [4.78, 5) is 9.92. The van der Waals surface area contributed by atoms with Gasteiger partial charge in [0.1, 0.15) is 11.6 Å². The van der Waals surface area contributed by atoms with Crippen molar-refractivity contribution in [2.24, 2.45) is 0 Å². The summed E-state index contributed by atoms with van der Waals surface area (Å²) in [6, 6.07) is 2.07. The van der Waals surface area contributed by atoms with Gasteiger partial charge in [-0.2, -0.15) is 9.97 Å². The topological polar surface area (TPSA) is 93.1 Å². The van der Waals surface area contributed by atoms with Gasteiger partial charge in [0, 0.05) is 18.7 Å². The number of nitrogens with two attached hydrogens (primary N) is 2. The van der Waals surface area contributed by atoms with Gasteiger partial charge >= 0.3 is 0 Å². The van der Waals surface area contributed by atoms with E-state index in [1.54, 1.807) is 6.07 Å². The minimum absolute atomic E-state index is 0.190. The van der Waals surface area contributed by atoms with Crippen molar-refractivity contribution >= 4 is 17.6 Å². The second-order valence-electron chi connectivity index (χ2n) is 3.73. The molecule has 0 saturated heterocycles. The lowest BCUT2D eigenvalue weighted by atomic mass is 10.3. The lowest BCUT2D eigenvalue weighted by molar-refractivity contribution is 0.326. The average molecular weight is 210 g/mol. The van der Waals surface area contributed by atoms with Crippen LogP contribution in [-0.2, 0) is 0 Å². The third-order valence-corrected chi connectivity index (χ3v) is 2.22. The molecule has 0 amide bonds. The Hall–Kier alpha value is -1.56. The van der Waals surface area contributed by atoms with Gasteiger partial charge in [0.25, 0.3) is 0 Å². The monoisotopic (exact) mass is 210 g/mol. The van der Waals surface area contributed by atoms with Crippen molar-refractivity contribution < 1.29 is 0 Å². The van der Waals surface area contributed by atoms with Crippen LogP contribution in [0.1, 0.15) is 6.92 Å². The summed E-state index contributed by atoms with van der Waals surface area (Å²) in [6.45, 7) is 2.89. The minimum atomic E-state index is 0.190. The van der Waals surface area contributed by atoms with E-state index in [-0.39, 0.29) is 5.95 Å². The normalized spacial score (nSPS) is 12.8. The van der Waals surface area contributed by atoms with Crippen LogP contribution in [0.4, 0.5) is 17.6 Å². The van der Waals surface area contributed by atoms with Gasteiger partial charge in [0.05, 0.1) is 0 Å². The number of likely N-dealkylation sites (N-methyl/N-ethyl adjacent to an activating group) is 1. The second kappa shape index (κ2) is 4.79. The molecule has 6 nitrogen and oxygen atoms in total. The van der Waals surface area contributed by atoms with Gasteiger partial charge < -0.3 is 21.7 Å². The molecule has 0 aliphatic carbocycles. The first kappa shape index (κ1) is 11.5. The van der Waals surface area contributed by atoms with E-state index < -0.39 is 0 Å². The number of hydrogen-bond donors (Lipinski definition) is 3. The molecule has 0 spiro atoms. The summed E-state index contributed by atoms with van der Waals surface area (Å²) in [5.41, 5.74) is 11.0. The van der Waals surface area contributed by atoms with Crippen molar-refractivity contribution in [1.82, 2.24) is 14.9 Å². The first-order valence-electron chi connectivity index (χ1n) is 4.79. The molecule has 0 saturated carbocycles. The summed E-state index contributed by atoms with van der Waals surface area (Å²) in [7, 11) is 4.05. The molecule has 1 atom stereocenters. The fraction of sp³-hybridized carbons (Fsp3) is 0.556. The Bertz CT molecular complexity index is 304. The van der Waals surface area contributed by atoms with Gasteiger partial charge in [-0.1, -0.05) is 0 Å². The van der Waals surface area contributed by atoms with Gasteiger partial charge in [-0.15, -0.1) is 0 Å². The maximum atomic E-state index is 5.54. The second-order valence-corrected chi connectivity index (χ2v) is 3.73. The predicted octanol–water partition coefficient (Wildman–Crippen LogP) is 0.00300. The molecule has 1 rings (SSSR count). The molecule has 15 heavy (non-hydrogen) atoms. The molecule has 1 unspecified atom stereocenters. The van der Waals surface area contributed by atoms with Gasteiger partial charge in [-0.05, 0) is 21.0 Å². The molecule has 6 heteroatoms. The van der Waals surface area contributed by atoms with Crippen molar-refractivity contribution in [2.75, 3.05) is 37.4 Å². The first-order valence-corrected chi connectivity index (χ1v) is 4.79. The zero-order valence-electron chi connectivity index (χ0n) is 9.36. The van der Waals surface area contributed by atoms with Crippen molar-refractivity contribution in [3.05, 3.63) is 6.07 Å². The van der Waals surface area contributed by atoms with E-state index in [4.69, 9.17) is 11.5 Å². The molecule has 0 fully saturated rings. The number of aromatic nitrogens is 2. The standard InChI is InChI=1S/C9H18N6/c1-6(15(2)3)5-12-8-4-7(10)13-9(11)14-8/h4,6H,5H2,1-3H3,(H5,10,11,12,13,14). The van der Waals surface area contributed by atoms with Gasteiger partial charge in [-0.3, -0.25) is 0 Å². The quantitative estimate of drug-likeness (QED) is 0.648. The largest absolute Gasteiger partial charge is 0.383 e.